The third-order valence-electron chi connectivity index (χ3n) is 5.37. The maximum atomic E-state index is 13.5. The van der Waals surface area contributed by atoms with Crippen LogP contribution in [-0.2, 0) is 4.74 Å². The van der Waals surface area contributed by atoms with Gasteiger partial charge in [0.25, 0.3) is 0 Å². The summed E-state index contributed by atoms with van der Waals surface area (Å²) < 4.78 is 43.2. The summed E-state index contributed by atoms with van der Waals surface area (Å²) in [6.45, 7) is -0.603. The number of nitrogens with one attached hydrogen (secondary N) is 2. The smallest absolute Gasteiger partial charge is 0.390 e. The summed E-state index contributed by atoms with van der Waals surface area (Å²) in [5.74, 6) is -1.94. The van der Waals surface area contributed by atoms with Crippen LogP contribution < -0.4 is 10.6 Å². The molecule has 9 heteroatoms. The van der Waals surface area contributed by atoms with Crippen LogP contribution in [0.4, 0.5) is 30.2 Å². The molecule has 3 aromatic rings. The number of anilines is 3. The van der Waals surface area contributed by atoms with E-state index in [1.165, 1.54) is 18.2 Å². The molecule has 0 saturated carbocycles. The maximum absolute atomic E-state index is 13.5. The maximum Gasteiger partial charge on any atom is 0.390 e. The van der Waals surface area contributed by atoms with E-state index in [0.29, 0.717) is 5.69 Å². The number of ketones is 2. The molecule has 0 heterocycles. The second-order valence-electron chi connectivity index (χ2n) is 7.58. The molecule has 0 unspecified atom stereocenters. The highest BCUT2D eigenvalue weighted by Gasteiger charge is 2.37. The van der Waals surface area contributed by atoms with E-state index in [4.69, 9.17) is 4.74 Å². The molecular weight excluding hydrogens is 449 g/mol. The number of ether oxygens (including phenoxy) is 1. The Kier molecular flexibility index (Phi) is 6.10. The molecule has 3 aromatic carbocycles. The van der Waals surface area contributed by atoms with E-state index >= 15 is 0 Å². The van der Waals surface area contributed by atoms with Crippen molar-refractivity contribution in [3.05, 3.63) is 88.5 Å². The quantitative estimate of drug-likeness (QED) is 0.371. The predicted octanol–water partition coefficient (Wildman–Crippen LogP) is 5.36. The van der Waals surface area contributed by atoms with Crippen molar-refractivity contribution < 1.29 is 32.3 Å². The molecule has 0 amide bonds. The van der Waals surface area contributed by atoms with Gasteiger partial charge in [-0.1, -0.05) is 42.5 Å². The van der Waals surface area contributed by atoms with Crippen LogP contribution in [0, 0.1) is 0 Å². The van der Waals surface area contributed by atoms with Crippen molar-refractivity contribution in [1.82, 2.24) is 0 Å². The molecule has 4 rings (SSSR count). The van der Waals surface area contributed by atoms with Crippen LogP contribution in [0.2, 0.25) is 0 Å². The Bertz CT molecular complexity index is 1290. The first-order valence-electron chi connectivity index (χ1n) is 10.3. The fraction of sp³-hybridized carbons (Fsp3) is 0.160. The second-order valence-corrected chi connectivity index (χ2v) is 7.58. The molecule has 1 aliphatic carbocycles. The van der Waals surface area contributed by atoms with Gasteiger partial charge in [0.2, 0.25) is 0 Å². The first-order valence-corrected chi connectivity index (χ1v) is 10.3. The van der Waals surface area contributed by atoms with Crippen LogP contribution >= 0.6 is 0 Å². The predicted molar refractivity (Wildman–Crippen MR) is 120 cm³/mol. The van der Waals surface area contributed by atoms with E-state index in [-0.39, 0.29) is 39.2 Å². The zero-order chi connectivity index (χ0) is 24.5. The number of benzene rings is 3. The number of carbonyl (C=O) groups excluding carboxylic acids is 3. The zero-order valence-corrected chi connectivity index (χ0v) is 18.0. The van der Waals surface area contributed by atoms with Crippen molar-refractivity contribution in [2.45, 2.75) is 12.6 Å². The topological polar surface area (TPSA) is 84.5 Å². The van der Waals surface area contributed by atoms with Crippen LogP contribution in [0.25, 0.3) is 0 Å². The molecule has 34 heavy (non-hydrogen) atoms. The molecule has 0 radical (unpaired) electrons. The molecule has 0 aromatic heterocycles. The van der Waals surface area contributed by atoms with Gasteiger partial charge in [-0.15, -0.1) is 0 Å². The number of para-hydroxylation sites is 1. The average molecular weight is 468 g/mol. The summed E-state index contributed by atoms with van der Waals surface area (Å²) in [6.07, 6.45) is -5.66. The van der Waals surface area contributed by atoms with Crippen molar-refractivity contribution in [2.75, 3.05) is 24.3 Å². The van der Waals surface area contributed by atoms with E-state index in [0.717, 1.165) is 7.11 Å². The Morgan fingerprint density at radius 1 is 0.912 bits per heavy atom. The van der Waals surface area contributed by atoms with Gasteiger partial charge >= 0.3 is 12.1 Å². The van der Waals surface area contributed by atoms with E-state index in [1.807, 2.05) is 0 Å². The van der Waals surface area contributed by atoms with Gasteiger partial charge in [0.15, 0.2) is 11.6 Å². The summed E-state index contributed by atoms with van der Waals surface area (Å²) in [6, 6.07) is 16.2. The minimum Gasteiger partial charge on any atom is -0.465 e. The van der Waals surface area contributed by atoms with Gasteiger partial charge in [-0.05, 0) is 18.2 Å². The van der Waals surface area contributed by atoms with Crippen LogP contribution in [-0.4, -0.2) is 37.4 Å². The van der Waals surface area contributed by atoms with Crippen molar-refractivity contribution >= 4 is 34.6 Å². The Morgan fingerprint density at radius 2 is 1.50 bits per heavy atom. The largest absolute Gasteiger partial charge is 0.465 e. The number of fused-ring (bicyclic) bond motifs is 2. The average Bonchev–Trinajstić information content (AvgIpc) is 2.82. The van der Waals surface area contributed by atoms with Gasteiger partial charge in [0.1, 0.15) is 0 Å². The molecule has 0 atom stereocenters. The van der Waals surface area contributed by atoms with Crippen LogP contribution in [0.15, 0.2) is 60.7 Å². The first kappa shape index (κ1) is 23.0. The van der Waals surface area contributed by atoms with Gasteiger partial charge in [0.05, 0.1) is 41.6 Å². The number of alkyl halides is 3. The molecule has 0 spiro atoms. The first-order chi connectivity index (χ1) is 16.2. The number of carbonyl (C=O) groups is 3. The minimum atomic E-state index is -4.46. The fourth-order valence-corrected chi connectivity index (χ4v) is 3.85. The van der Waals surface area contributed by atoms with Gasteiger partial charge < -0.3 is 15.4 Å². The van der Waals surface area contributed by atoms with Crippen molar-refractivity contribution in [1.29, 1.82) is 0 Å². The third kappa shape index (κ3) is 4.36. The zero-order valence-electron chi connectivity index (χ0n) is 18.0. The summed E-state index contributed by atoms with van der Waals surface area (Å²) in [5.41, 5.74) is 0.477. The van der Waals surface area contributed by atoms with Gasteiger partial charge in [-0.2, -0.15) is 13.2 Å². The van der Waals surface area contributed by atoms with Crippen LogP contribution in [0.3, 0.4) is 0 Å². The monoisotopic (exact) mass is 468 g/mol. The van der Waals surface area contributed by atoms with E-state index < -0.39 is 36.7 Å². The Morgan fingerprint density at radius 3 is 2.09 bits per heavy atom. The Hall–Kier alpha value is -4.14. The number of hydrogen-bond acceptors (Lipinski definition) is 6. The molecule has 0 fully saturated rings. The lowest BCUT2D eigenvalue weighted by Crippen LogP contribution is -2.26. The van der Waals surface area contributed by atoms with Gasteiger partial charge in [-0.25, -0.2) is 4.79 Å². The van der Waals surface area contributed by atoms with E-state index in [1.54, 1.807) is 42.5 Å². The number of halogens is 3. The summed E-state index contributed by atoms with van der Waals surface area (Å²) in [7, 11) is 1.12. The van der Waals surface area contributed by atoms with Crippen molar-refractivity contribution in [2.24, 2.45) is 0 Å². The lowest BCUT2D eigenvalue weighted by molar-refractivity contribution is -0.131. The van der Waals surface area contributed by atoms with Crippen LogP contribution in [0.5, 0.6) is 0 Å². The van der Waals surface area contributed by atoms with E-state index in [9.17, 15) is 27.6 Å². The highest BCUT2D eigenvalue weighted by atomic mass is 19.4. The Balaban J connectivity index is 1.95. The highest BCUT2D eigenvalue weighted by molar-refractivity contribution is 6.33. The van der Waals surface area contributed by atoms with Crippen molar-refractivity contribution in [3.8, 4) is 0 Å². The fourth-order valence-electron chi connectivity index (χ4n) is 3.85. The SMILES string of the molecule is COC(=O)c1cc(Nc2ccccc2)c2c(c1NCCC(F)(F)F)C(=O)c1ccccc1C2=O. The third-order valence-corrected chi connectivity index (χ3v) is 5.37. The lowest BCUT2D eigenvalue weighted by atomic mass is 9.81. The molecule has 0 aliphatic heterocycles. The molecule has 0 bridgehead atoms. The van der Waals surface area contributed by atoms with Gasteiger partial charge in [0, 0.05) is 23.4 Å². The molecule has 1 aliphatic rings. The Labute approximate surface area is 192 Å². The normalized spacial score (nSPS) is 12.6. The molecule has 174 valence electrons. The minimum absolute atomic E-state index is 0.0327. The summed E-state index contributed by atoms with van der Waals surface area (Å²) >= 11 is 0. The summed E-state index contributed by atoms with van der Waals surface area (Å²) in [4.78, 5) is 39.6. The number of hydrogen-bond donors (Lipinski definition) is 2. The van der Waals surface area contributed by atoms with Crippen LogP contribution in [0.1, 0.15) is 48.6 Å². The number of rotatable bonds is 6. The van der Waals surface area contributed by atoms with Gasteiger partial charge in [-0.3, -0.25) is 9.59 Å². The number of esters is 1. The molecule has 6 nitrogen and oxygen atoms in total. The highest BCUT2D eigenvalue weighted by Crippen LogP contribution is 2.40. The molecule has 0 saturated heterocycles. The molecular formula is C25H19F3N2O4. The van der Waals surface area contributed by atoms with E-state index in [2.05, 4.69) is 10.6 Å². The lowest BCUT2D eigenvalue weighted by Gasteiger charge is -2.26. The standard InChI is InChI=1S/C25H19F3N2O4/c1-34-24(33)17-13-18(30-14-7-3-2-4-8-14)19-20(21(17)29-12-11-25(26,27)28)23(32)16-10-6-5-9-15(16)22(19)31/h2-10,13,29-30H,11-12H2,1H3. The molecule has 2 N–H and O–H groups in total. The van der Waals surface area contributed by atoms with Crippen molar-refractivity contribution in [3.63, 3.8) is 0 Å². The second kappa shape index (κ2) is 9.01. The summed E-state index contributed by atoms with van der Waals surface area (Å²) in [5, 5.41) is 5.62. The number of methoxy groups -OCH3 is 1.